The Morgan fingerprint density at radius 2 is 1.10 bits per heavy atom. The first kappa shape index (κ1) is 51.6. The van der Waals surface area contributed by atoms with Gasteiger partial charge in [0, 0.05) is 34.3 Å². The van der Waals surface area contributed by atoms with Crippen molar-refractivity contribution < 1.29 is 9.30 Å². The third kappa shape index (κ3) is 9.12. The lowest BCUT2D eigenvalue weighted by molar-refractivity contribution is -0.571. The van der Waals surface area contributed by atoms with E-state index >= 15 is 0 Å². The zero-order chi connectivity index (χ0) is 56.7. The first-order chi connectivity index (χ1) is 40.2. The van der Waals surface area contributed by atoms with E-state index in [-0.39, 0.29) is 10.8 Å². The predicted octanol–water partition coefficient (Wildman–Crippen LogP) is 20.1. The molecule has 0 bridgehead atoms. The number of para-hydroxylation sites is 3. The highest BCUT2D eigenvalue weighted by Gasteiger charge is 2.30. The van der Waals surface area contributed by atoms with E-state index in [0.717, 1.165) is 102 Å². The van der Waals surface area contributed by atoms with Gasteiger partial charge in [0.05, 0.1) is 33.6 Å². The fourth-order valence-corrected chi connectivity index (χ4v) is 12.7. The van der Waals surface area contributed by atoms with Gasteiger partial charge in [-0.15, -0.1) is 0 Å². The lowest BCUT2D eigenvalue weighted by atomic mass is 9.86. The summed E-state index contributed by atoms with van der Waals surface area (Å²) in [6.45, 7) is 18.2. The normalized spacial score (nSPS) is 12.3. The number of aromatic nitrogens is 4. The van der Waals surface area contributed by atoms with Gasteiger partial charge in [0.25, 0.3) is 6.33 Å². The molecule has 0 N–H and O–H groups in total. The van der Waals surface area contributed by atoms with Crippen molar-refractivity contribution in [3.8, 4) is 95.6 Å². The summed E-state index contributed by atoms with van der Waals surface area (Å²) in [5, 5.41) is 3.60. The van der Waals surface area contributed by atoms with Crippen LogP contribution in [-0.4, -0.2) is 14.1 Å². The molecule has 0 unspecified atom stereocenters. The second-order valence-electron chi connectivity index (χ2n) is 24.9. The summed E-state index contributed by atoms with van der Waals surface area (Å²) in [6.07, 6.45) is 6.95. The van der Waals surface area contributed by atoms with Gasteiger partial charge in [-0.1, -0.05) is 243 Å². The molecule has 0 fully saturated rings. The Morgan fingerprint density at radius 1 is 0.494 bits per heavy atom. The number of ether oxygens (including phenoxy) is 1. The zero-order valence-corrected chi connectivity index (χ0v) is 48.5. The average molecular weight is 1080 g/mol. The van der Waals surface area contributed by atoms with Crippen molar-refractivity contribution in [1.29, 1.82) is 0 Å². The zero-order valence-electron chi connectivity index (χ0n) is 48.5. The molecule has 0 spiro atoms. The molecule has 0 saturated heterocycles. The molecular weight excluding hydrogens is 1010 g/mol. The average Bonchev–Trinajstić information content (AvgIpc) is 1.83. The van der Waals surface area contributed by atoms with Crippen LogP contribution >= 0.6 is 0 Å². The van der Waals surface area contributed by atoms with Crippen molar-refractivity contribution in [2.75, 3.05) is 0 Å². The lowest BCUT2D eigenvalue weighted by Crippen LogP contribution is -2.31. The maximum Gasteiger partial charge on any atom is 0.269 e. The highest BCUT2D eigenvalue weighted by atomic mass is 16.5. The molecule has 83 heavy (non-hydrogen) atoms. The molecular formula is C78H66N4O. The van der Waals surface area contributed by atoms with E-state index in [2.05, 4.69) is 312 Å². The van der Waals surface area contributed by atoms with Gasteiger partial charge < -0.3 is 4.74 Å². The Morgan fingerprint density at radius 3 is 1.80 bits per heavy atom. The van der Waals surface area contributed by atoms with E-state index in [1.54, 1.807) is 0 Å². The Bertz CT molecular complexity index is 4640. The molecule has 5 nitrogen and oxygen atoms in total. The van der Waals surface area contributed by atoms with Crippen molar-refractivity contribution in [3.63, 3.8) is 0 Å². The van der Waals surface area contributed by atoms with Crippen LogP contribution in [0, 0.1) is 12.2 Å². The lowest BCUT2D eigenvalue weighted by Gasteiger charge is -2.22. The van der Waals surface area contributed by atoms with Gasteiger partial charge in [-0.3, -0.25) is 13.7 Å². The van der Waals surface area contributed by atoms with E-state index in [1.165, 1.54) is 49.7 Å². The molecule has 13 aromatic rings. The number of fused-ring (bicyclic) bond motifs is 8. The van der Waals surface area contributed by atoms with Crippen LogP contribution in [0.2, 0.25) is 0 Å². The summed E-state index contributed by atoms with van der Waals surface area (Å²) in [4.78, 5) is 5.44. The Hall–Kier alpha value is -9.58. The molecule has 0 atom stereocenters. The van der Waals surface area contributed by atoms with Crippen molar-refractivity contribution in [1.82, 2.24) is 14.1 Å². The van der Waals surface area contributed by atoms with Crippen molar-refractivity contribution in [3.05, 3.63) is 260 Å². The minimum absolute atomic E-state index is 0.0330. The highest BCUT2D eigenvalue weighted by molar-refractivity contribution is 6.19. The van der Waals surface area contributed by atoms with Gasteiger partial charge in [0.2, 0.25) is 0 Å². The van der Waals surface area contributed by atoms with E-state index in [0.29, 0.717) is 5.92 Å². The van der Waals surface area contributed by atoms with Crippen LogP contribution in [-0.2, 0) is 17.3 Å². The smallest absolute Gasteiger partial charge is 0.269 e. The summed E-state index contributed by atoms with van der Waals surface area (Å²) < 4.78 is 14.2. The van der Waals surface area contributed by atoms with Crippen molar-refractivity contribution in [2.45, 2.75) is 72.6 Å². The van der Waals surface area contributed by atoms with E-state index < -0.39 is 0 Å². The Kier molecular flexibility index (Phi) is 12.5. The second kappa shape index (κ2) is 20.1. The first-order valence-electron chi connectivity index (χ1n) is 29.2. The minimum atomic E-state index is -0.217. The standard InChI is InChI=1S/C78H66N4O/c1-50(2)42-55-43-72(79-48-68(55)52-24-13-10-14-25-52)82-71-47-59(40-41-66(71)74-67-33-20-27-54-26-19-32-64(73(54)67)63-28-15-16-29-65(63)76(74)82)83-60-45-57(78(6,7)8)44-58(46-60)80-49-81(70-35-18-17-34-69(70)80)75-61(51-22-11-9-12-23-51)30-21-31-62(75)53-36-38-56(39-37-53)77(3,4)5/h9-41,43-48,50H,42H2,1-8H3. The first-order valence-corrected chi connectivity index (χ1v) is 29.2. The second-order valence-corrected chi connectivity index (χ2v) is 24.9. The molecule has 0 amide bonds. The molecule has 3 heterocycles. The van der Waals surface area contributed by atoms with Crippen LogP contribution in [0.3, 0.4) is 0 Å². The van der Waals surface area contributed by atoms with Gasteiger partial charge in [-0.2, -0.15) is 0 Å². The quantitative estimate of drug-likeness (QED) is 0.101. The van der Waals surface area contributed by atoms with Gasteiger partial charge in [-0.25, -0.2) is 4.98 Å². The van der Waals surface area contributed by atoms with Crippen LogP contribution < -0.4 is 9.30 Å². The number of rotatable bonds is 10. The maximum atomic E-state index is 7.29. The van der Waals surface area contributed by atoms with Gasteiger partial charge in [0.15, 0.2) is 0 Å². The topological polar surface area (TPSA) is 35.9 Å². The monoisotopic (exact) mass is 1070 g/mol. The van der Waals surface area contributed by atoms with Crippen LogP contribution in [0.25, 0.3) is 117 Å². The van der Waals surface area contributed by atoms with Crippen molar-refractivity contribution >= 4 is 32.7 Å². The van der Waals surface area contributed by atoms with Gasteiger partial charge >= 0.3 is 0 Å². The molecule has 1 aliphatic rings. The molecule has 14 rings (SSSR count). The molecule has 10 aromatic carbocycles. The fraction of sp³-hybridized carbons (Fsp3) is 0.154. The third-order valence-electron chi connectivity index (χ3n) is 16.7. The van der Waals surface area contributed by atoms with Crippen molar-refractivity contribution in [2.24, 2.45) is 5.92 Å². The number of nitrogens with zero attached hydrogens (tertiary/aromatic N) is 4. The summed E-state index contributed by atoms with van der Waals surface area (Å²) in [7, 11) is 0. The molecule has 0 saturated carbocycles. The summed E-state index contributed by atoms with van der Waals surface area (Å²) >= 11 is 0. The molecule has 0 aliphatic heterocycles. The highest BCUT2D eigenvalue weighted by Crippen LogP contribution is 2.53. The minimum Gasteiger partial charge on any atom is -0.458 e. The molecule has 3 aromatic heterocycles. The summed E-state index contributed by atoms with van der Waals surface area (Å²) in [5.74, 6) is 2.77. The van der Waals surface area contributed by atoms with E-state index in [9.17, 15) is 0 Å². The van der Waals surface area contributed by atoms with Gasteiger partial charge in [0.1, 0.15) is 17.3 Å². The number of pyridine rings is 1. The number of hydrogen-bond donors (Lipinski definition) is 0. The van der Waals surface area contributed by atoms with E-state index in [4.69, 9.17) is 9.72 Å². The van der Waals surface area contributed by atoms with Crippen LogP contribution in [0.4, 0.5) is 0 Å². The molecule has 404 valence electrons. The Labute approximate surface area is 487 Å². The fourth-order valence-electron chi connectivity index (χ4n) is 12.7. The van der Waals surface area contributed by atoms with Gasteiger partial charge in [-0.05, 0) is 132 Å². The Balaban J connectivity index is 0.963. The molecule has 1 aliphatic carbocycles. The van der Waals surface area contributed by atoms with E-state index in [1.807, 2.05) is 0 Å². The molecule has 0 radical (unpaired) electrons. The number of benzene rings is 10. The number of hydrogen-bond acceptors (Lipinski definition) is 2. The third-order valence-corrected chi connectivity index (χ3v) is 16.7. The molecule has 5 heteroatoms. The SMILES string of the molecule is CC(C)Cc1cc(-n2c3c(c4ccc(Oc5cc(-n6[c-][n+](-c7c(-c8ccccc8)cccc7-c7ccc(C(C)(C)C)cc7)c7ccccc76)cc(C(C)(C)C)c5)cc42)-c2cccc4cccc(c24)-c2ccccc2-3)ncc1-c1ccccc1. The number of imidazole rings is 1. The summed E-state index contributed by atoms with van der Waals surface area (Å²) in [5.41, 5.74) is 22.6. The van der Waals surface area contributed by atoms with Crippen LogP contribution in [0.1, 0.15) is 72.1 Å². The maximum absolute atomic E-state index is 7.29. The van der Waals surface area contributed by atoms with Crippen LogP contribution in [0.15, 0.2) is 237 Å². The van der Waals surface area contributed by atoms with Crippen LogP contribution in [0.5, 0.6) is 11.5 Å². The largest absolute Gasteiger partial charge is 0.458 e. The predicted molar refractivity (Wildman–Crippen MR) is 344 cm³/mol. The summed E-state index contributed by atoms with van der Waals surface area (Å²) in [6, 6.07) is 83.9.